The molecule has 0 fully saturated rings. The molecule has 0 radical (unpaired) electrons. The Kier molecular flexibility index (Phi) is 2.30. The Morgan fingerprint density at radius 1 is 1.50 bits per heavy atom. The molecule has 10 heavy (non-hydrogen) atoms. The second-order valence-corrected chi connectivity index (χ2v) is 1.83. The predicted octanol–water partition coefficient (Wildman–Crippen LogP) is -0.498. The highest BCUT2D eigenvalue weighted by Crippen LogP contribution is 2.04. The molecule has 1 rings (SSSR count). The Morgan fingerprint density at radius 2 is 2.30 bits per heavy atom. The third-order valence-electron chi connectivity index (χ3n) is 1.10. The number of hydrogen-bond donors (Lipinski definition) is 2. The van der Waals surface area contributed by atoms with Crippen LogP contribution in [0.25, 0.3) is 0 Å². The van der Waals surface area contributed by atoms with Crippen molar-refractivity contribution in [2.24, 2.45) is 0 Å². The van der Waals surface area contributed by atoms with E-state index in [0.717, 1.165) is 0 Å². The molecule has 1 atom stereocenters. The van der Waals surface area contributed by atoms with Gasteiger partial charge in [0.15, 0.2) is 0 Å². The van der Waals surface area contributed by atoms with Gasteiger partial charge in [0, 0.05) is 12.4 Å². The maximum Gasteiger partial charge on any atom is 0.120 e. The van der Waals surface area contributed by atoms with Gasteiger partial charge in [0.1, 0.15) is 6.10 Å². The van der Waals surface area contributed by atoms with E-state index < -0.39 is 6.10 Å². The number of aliphatic hydroxyl groups is 2. The third kappa shape index (κ3) is 1.49. The van der Waals surface area contributed by atoms with Crippen LogP contribution in [0.2, 0.25) is 0 Å². The van der Waals surface area contributed by atoms with Crippen molar-refractivity contribution < 1.29 is 10.2 Å². The van der Waals surface area contributed by atoms with E-state index in [-0.39, 0.29) is 6.61 Å². The van der Waals surface area contributed by atoms with Gasteiger partial charge in [-0.1, -0.05) is 0 Å². The zero-order chi connectivity index (χ0) is 7.40. The van der Waals surface area contributed by atoms with Crippen LogP contribution in [0.4, 0.5) is 0 Å². The third-order valence-corrected chi connectivity index (χ3v) is 1.10. The lowest BCUT2D eigenvalue weighted by Gasteiger charge is -2.02. The van der Waals surface area contributed by atoms with Crippen molar-refractivity contribution in [3.63, 3.8) is 0 Å². The van der Waals surface area contributed by atoms with E-state index in [9.17, 15) is 0 Å². The topological polar surface area (TPSA) is 66.2 Å². The molecule has 54 valence electrons. The van der Waals surface area contributed by atoms with Crippen molar-refractivity contribution in [3.8, 4) is 0 Å². The number of hydrogen-bond acceptors (Lipinski definition) is 4. The number of nitrogens with zero attached hydrogens (tertiary/aromatic N) is 2. The van der Waals surface area contributed by atoms with Gasteiger partial charge in [-0.05, 0) is 0 Å². The van der Waals surface area contributed by atoms with Crippen LogP contribution >= 0.6 is 0 Å². The Labute approximate surface area is 58.2 Å². The molecular formula is C6H8N2O2. The van der Waals surface area contributed by atoms with Crippen LogP contribution in [0.3, 0.4) is 0 Å². The summed E-state index contributed by atoms with van der Waals surface area (Å²) in [7, 11) is 0. The van der Waals surface area contributed by atoms with E-state index in [0.29, 0.717) is 5.69 Å². The fourth-order valence-corrected chi connectivity index (χ4v) is 0.576. The van der Waals surface area contributed by atoms with Gasteiger partial charge in [0.25, 0.3) is 0 Å². The standard InChI is InChI=1S/C6H8N2O2/c9-4-6(10)5-3-7-1-2-8-5/h1-3,6,9-10H,4H2. The first-order valence-corrected chi connectivity index (χ1v) is 2.89. The van der Waals surface area contributed by atoms with Gasteiger partial charge < -0.3 is 10.2 Å². The van der Waals surface area contributed by atoms with Crippen molar-refractivity contribution in [3.05, 3.63) is 24.3 Å². The van der Waals surface area contributed by atoms with Crippen molar-refractivity contribution in [2.45, 2.75) is 6.10 Å². The molecule has 0 amide bonds. The molecule has 1 aromatic heterocycles. The van der Waals surface area contributed by atoms with Crippen molar-refractivity contribution in [1.82, 2.24) is 9.97 Å². The first-order chi connectivity index (χ1) is 4.84. The van der Waals surface area contributed by atoms with Gasteiger partial charge in [-0.3, -0.25) is 9.97 Å². The van der Waals surface area contributed by atoms with Gasteiger partial charge >= 0.3 is 0 Å². The van der Waals surface area contributed by atoms with Crippen molar-refractivity contribution in [2.75, 3.05) is 6.61 Å². The van der Waals surface area contributed by atoms with Gasteiger partial charge in [-0.15, -0.1) is 0 Å². The van der Waals surface area contributed by atoms with Crippen LogP contribution in [0.5, 0.6) is 0 Å². The molecular weight excluding hydrogens is 132 g/mol. The Bertz CT molecular complexity index is 190. The molecule has 0 aromatic carbocycles. The van der Waals surface area contributed by atoms with E-state index in [2.05, 4.69) is 9.97 Å². The van der Waals surface area contributed by atoms with Gasteiger partial charge in [0.05, 0.1) is 18.5 Å². The predicted molar refractivity (Wildman–Crippen MR) is 34.1 cm³/mol. The maximum atomic E-state index is 8.98. The Balaban J connectivity index is 2.75. The molecule has 0 aliphatic carbocycles. The molecule has 0 saturated carbocycles. The van der Waals surface area contributed by atoms with Crippen LogP contribution < -0.4 is 0 Å². The second kappa shape index (κ2) is 3.24. The van der Waals surface area contributed by atoms with Crippen LogP contribution in [0.15, 0.2) is 18.6 Å². The zero-order valence-corrected chi connectivity index (χ0v) is 5.31. The van der Waals surface area contributed by atoms with Crippen LogP contribution in [-0.2, 0) is 0 Å². The number of aromatic nitrogens is 2. The molecule has 2 N–H and O–H groups in total. The summed E-state index contributed by atoms with van der Waals surface area (Å²) in [5.41, 5.74) is 0.394. The molecule has 0 aliphatic heterocycles. The lowest BCUT2D eigenvalue weighted by molar-refractivity contribution is 0.0919. The Morgan fingerprint density at radius 3 is 2.80 bits per heavy atom. The average Bonchev–Trinajstić information content (AvgIpc) is 2.05. The molecule has 0 saturated heterocycles. The van der Waals surface area contributed by atoms with Crippen molar-refractivity contribution >= 4 is 0 Å². The fourth-order valence-electron chi connectivity index (χ4n) is 0.576. The monoisotopic (exact) mass is 140 g/mol. The highest BCUT2D eigenvalue weighted by atomic mass is 16.3. The molecule has 0 bridgehead atoms. The molecule has 4 nitrogen and oxygen atoms in total. The summed E-state index contributed by atoms with van der Waals surface area (Å²) < 4.78 is 0. The quantitative estimate of drug-likeness (QED) is 0.581. The molecule has 1 unspecified atom stereocenters. The largest absolute Gasteiger partial charge is 0.393 e. The maximum absolute atomic E-state index is 8.98. The Hall–Kier alpha value is -1.00. The molecule has 4 heteroatoms. The van der Waals surface area contributed by atoms with E-state index >= 15 is 0 Å². The molecule has 0 spiro atoms. The smallest absolute Gasteiger partial charge is 0.120 e. The molecule has 1 heterocycles. The van der Waals surface area contributed by atoms with Crippen LogP contribution in [0, 0.1) is 0 Å². The number of rotatable bonds is 2. The SMILES string of the molecule is OCC(O)c1cnccn1. The fraction of sp³-hybridized carbons (Fsp3) is 0.333. The van der Waals surface area contributed by atoms with E-state index in [4.69, 9.17) is 10.2 Å². The number of aliphatic hydroxyl groups excluding tert-OH is 2. The molecule has 1 aromatic rings. The summed E-state index contributed by atoms with van der Waals surface area (Å²) in [5.74, 6) is 0. The van der Waals surface area contributed by atoms with Crippen molar-refractivity contribution in [1.29, 1.82) is 0 Å². The van der Waals surface area contributed by atoms with Gasteiger partial charge in [-0.25, -0.2) is 0 Å². The zero-order valence-electron chi connectivity index (χ0n) is 5.31. The molecule has 0 aliphatic rings. The first-order valence-electron chi connectivity index (χ1n) is 2.89. The summed E-state index contributed by atoms with van der Waals surface area (Å²) in [6.07, 6.45) is 3.48. The second-order valence-electron chi connectivity index (χ2n) is 1.83. The lowest BCUT2D eigenvalue weighted by Crippen LogP contribution is -2.04. The van der Waals surface area contributed by atoms with Crippen LogP contribution in [-0.4, -0.2) is 26.8 Å². The van der Waals surface area contributed by atoms with E-state index in [1.54, 1.807) is 0 Å². The van der Waals surface area contributed by atoms with Crippen LogP contribution in [0.1, 0.15) is 11.8 Å². The average molecular weight is 140 g/mol. The highest BCUT2D eigenvalue weighted by molar-refractivity contribution is 4.98. The van der Waals surface area contributed by atoms with Gasteiger partial charge in [-0.2, -0.15) is 0 Å². The summed E-state index contributed by atoms with van der Waals surface area (Å²) in [6, 6.07) is 0. The first kappa shape index (κ1) is 7.11. The summed E-state index contributed by atoms with van der Waals surface area (Å²) >= 11 is 0. The summed E-state index contributed by atoms with van der Waals surface area (Å²) in [4.78, 5) is 7.50. The summed E-state index contributed by atoms with van der Waals surface area (Å²) in [5, 5.41) is 17.4. The lowest BCUT2D eigenvalue weighted by atomic mass is 10.3. The minimum Gasteiger partial charge on any atom is -0.393 e. The van der Waals surface area contributed by atoms with E-state index in [1.165, 1.54) is 18.6 Å². The van der Waals surface area contributed by atoms with E-state index in [1.807, 2.05) is 0 Å². The van der Waals surface area contributed by atoms with Gasteiger partial charge in [0.2, 0.25) is 0 Å². The highest BCUT2D eigenvalue weighted by Gasteiger charge is 2.04. The minimum absolute atomic E-state index is 0.321. The normalized spacial score (nSPS) is 13.0. The summed E-state index contributed by atoms with van der Waals surface area (Å²) in [6.45, 7) is -0.321. The minimum atomic E-state index is -0.909.